The van der Waals surface area contributed by atoms with Crippen molar-refractivity contribution >= 4 is 33.8 Å². The number of carbonyl (C=O) groups excluding carboxylic acids is 4. The maximum absolute atomic E-state index is 13.6. The second-order valence-electron chi connectivity index (χ2n) is 12.4. The van der Waals surface area contributed by atoms with E-state index in [1.54, 1.807) is 62.4 Å². The van der Waals surface area contributed by atoms with Crippen molar-refractivity contribution in [2.45, 2.75) is 69.2 Å². The molecule has 2 N–H and O–H groups in total. The Bertz CT molecular complexity index is 1750. The molecule has 0 saturated carbocycles. The van der Waals surface area contributed by atoms with E-state index in [1.807, 2.05) is 6.92 Å². The van der Waals surface area contributed by atoms with Gasteiger partial charge < -0.3 is 20.1 Å². The van der Waals surface area contributed by atoms with E-state index in [2.05, 4.69) is 15.6 Å². The monoisotopic (exact) mass is 691 g/mol. The Balaban J connectivity index is 1.26. The second-order valence-corrected chi connectivity index (χ2v) is 14.3. The molecule has 2 fully saturated rings. The van der Waals surface area contributed by atoms with Crippen molar-refractivity contribution in [1.29, 1.82) is 0 Å². The van der Waals surface area contributed by atoms with Crippen LogP contribution in [0.25, 0.3) is 0 Å². The molecule has 260 valence electrons. The van der Waals surface area contributed by atoms with Crippen LogP contribution in [-0.4, -0.2) is 96.8 Å². The van der Waals surface area contributed by atoms with Gasteiger partial charge in [-0.15, -0.1) is 0 Å². The Morgan fingerprint density at radius 1 is 0.959 bits per heavy atom. The summed E-state index contributed by atoms with van der Waals surface area (Å²) in [4.78, 5) is 58.4. The number of nitrogens with zero attached hydrogens (tertiary/aromatic N) is 3. The van der Waals surface area contributed by atoms with Crippen molar-refractivity contribution in [3.8, 4) is 5.75 Å². The highest BCUT2D eigenvalue weighted by molar-refractivity contribution is 7.89. The third kappa shape index (κ3) is 8.69. The lowest BCUT2D eigenvalue weighted by molar-refractivity contribution is -0.151. The van der Waals surface area contributed by atoms with Crippen molar-refractivity contribution in [3.05, 3.63) is 89.7 Å². The van der Waals surface area contributed by atoms with Gasteiger partial charge in [-0.3, -0.25) is 19.5 Å². The topological polar surface area (TPSA) is 164 Å². The third-order valence-electron chi connectivity index (χ3n) is 8.40. The van der Waals surface area contributed by atoms with Gasteiger partial charge in [-0.1, -0.05) is 29.8 Å². The van der Waals surface area contributed by atoms with Crippen LogP contribution in [-0.2, 0) is 30.8 Å². The van der Waals surface area contributed by atoms with Crippen molar-refractivity contribution in [3.63, 3.8) is 0 Å². The normalized spacial score (nSPS) is 18.9. The van der Waals surface area contributed by atoms with Crippen molar-refractivity contribution in [2.24, 2.45) is 0 Å². The van der Waals surface area contributed by atoms with Crippen molar-refractivity contribution < 1.29 is 37.1 Å². The Morgan fingerprint density at radius 3 is 2.33 bits per heavy atom. The number of pyridine rings is 1. The largest absolute Gasteiger partial charge is 0.461 e. The number of ether oxygens (including phenoxy) is 2. The van der Waals surface area contributed by atoms with Crippen LogP contribution < -0.4 is 15.4 Å². The molecule has 0 aliphatic carbocycles. The molecular weight excluding hydrogens is 650 g/mol. The summed E-state index contributed by atoms with van der Waals surface area (Å²) in [5.41, 5.74) is 1.99. The van der Waals surface area contributed by atoms with Gasteiger partial charge in [0, 0.05) is 50.6 Å². The van der Waals surface area contributed by atoms with Gasteiger partial charge in [0.2, 0.25) is 15.9 Å². The minimum atomic E-state index is -3.94. The number of hydrogen-bond donors (Lipinski definition) is 2. The molecule has 3 atom stereocenters. The molecule has 2 aromatic carbocycles. The number of rotatable bonds is 11. The number of sulfonamides is 1. The van der Waals surface area contributed by atoms with Gasteiger partial charge >= 0.3 is 12.1 Å². The van der Waals surface area contributed by atoms with Gasteiger partial charge in [0.15, 0.2) is 5.78 Å². The van der Waals surface area contributed by atoms with Gasteiger partial charge in [-0.05, 0) is 75.6 Å². The maximum atomic E-state index is 13.6. The highest BCUT2D eigenvalue weighted by atomic mass is 32.2. The van der Waals surface area contributed by atoms with Crippen molar-refractivity contribution in [2.75, 3.05) is 26.2 Å². The third-order valence-corrected chi connectivity index (χ3v) is 10.3. The number of ketones is 1. The van der Waals surface area contributed by atoms with E-state index >= 15 is 0 Å². The standard InChI is InChI=1S/C35H41N5O8S/c1-23(2)47-34(43)29(38-33(42)30-5-4-19-40(30)49(45,46)28-12-6-24(3)7-13-28)21-25-8-10-27(11-9-25)48-35(44)39-20-18-37-22-31(39)32(41)26-14-16-36-17-15-26/h6-17,23,29-31,37H,4-5,18-22H2,1-3H3,(H,38,42)/t29-,30-,31?/m0/s1. The molecule has 13 nitrogen and oxygen atoms in total. The zero-order chi connectivity index (χ0) is 35.1. The SMILES string of the molecule is Cc1ccc(S(=O)(=O)N2CCC[C@H]2C(=O)N[C@@H](Cc2ccc(OC(=O)N3CCNCC3C(=O)c3ccncc3)cc2)C(=O)OC(C)C)cc1. The summed E-state index contributed by atoms with van der Waals surface area (Å²) in [7, 11) is -3.94. The zero-order valence-electron chi connectivity index (χ0n) is 27.7. The molecule has 5 rings (SSSR count). The molecule has 0 radical (unpaired) electrons. The summed E-state index contributed by atoms with van der Waals surface area (Å²) in [6.45, 7) is 6.50. The first-order valence-electron chi connectivity index (χ1n) is 16.3. The van der Waals surface area contributed by atoms with Crippen LogP contribution in [0.4, 0.5) is 4.79 Å². The summed E-state index contributed by atoms with van der Waals surface area (Å²) in [6, 6.07) is 13.3. The number of aromatic nitrogens is 1. The predicted molar refractivity (Wildman–Crippen MR) is 179 cm³/mol. The molecule has 2 aliphatic rings. The van der Waals surface area contributed by atoms with E-state index in [1.165, 1.54) is 33.7 Å². The molecule has 2 amide bonds. The first-order valence-corrected chi connectivity index (χ1v) is 17.7. The molecular formula is C35H41N5O8S. The first-order chi connectivity index (χ1) is 23.4. The second kappa shape index (κ2) is 15.7. The Labute approximate surface area is 286 Å². The average molecular weight is 692 g/mol. The first kappa shape index (κ1) is 35.6. The fourth-order valence-electron chi connectivity index (χ4n) is 5.87. The van der Waals surface area contributed by atoms with Crippen LogP contribution in [0.15, 0.2) is 78.0 Å². The Hall–Kier alpha value is -4.66. The van der Waals surface area contributed by atoms with E-state index in [4.69, 9.17) is 9.47 Å². The molecule has 0 spiro atoms. The molecule has 1 unspecified atom stereocenters. The fourth-order valence-corrected chi connectivity index (χ4v) is 7.52. The quantitative estimate of drug-likeness (QED) is 0.226. The zero-order valence-corrected chi connectivity index (χ0v) is 28.5. The number of Topliss-reactive ketones (excluding diaryl/α,β-unsaturated/α-hetero) is 1. The lowest BCUT2D eigenvalue weighted by Gasteiger charge is -2.34. The predicted octanol–water partition coefficient (Wildman–Crippen LogP) is 2.88. The lowest BCUT2D eigenvalue weighted by Crippen LogP contribution is -2.57. The Morgan fingerprint density at radius 2 is 1.65 bits per heavy atom. The Kier molecular flexibility index (Phi) is 11.4. The van der Waals surface area contributed by atoms with Gasteiger partial charge in [0.1, 0.15) is 23.9 Å². The van der Waals surface area contributed by atoms with Crippen LogP contribution in [0.1, 0.15) is 48.2 Å². The van der Waals surface area contributed by atoms with Crippen LogP contribution in [0, 0.1) is 6.92 Å². The smallest absolute Gasteiger partial charge is 0.415 e. The molecule has 2 aliphatic heterocycles. The number of carbonyl (C=O) groups is 4. The van der Waals surface area contributed by atoms with Crippen LogP contribution in [0.3, 0.4) is 0 Å². The molecule has 14 heteroatoms. The number of esters is 1. The molecule has 1 aromatic heterocycles. The summed E-state index contributed by atoms with van der Waals surface area (Å²) in [6.07, 6.45) is 2.77. The van der Waals surface area contributed by atoms with E-state index in [0.717, 1.165) is 5.56 Å². The van der Waals surface area contributed by atoms with E-state index in [0.29, 0.717) is 30.5 Å². The van der Waals surface area contributed by atoms with E-state index < -0.39 is 52.2 Å². The van der Waals surface area contributed by atoms with Gasteiger partial charge in [0.05, 0.1) is 11.0 Å². The number of hydrogen-bond acceptors (Lipinski definition) is 10. The minimum absolute atomic E-state index is 0.0449. The van der Waals surface area contributed by atoms with Gasteiger partial charge in [0.25, 0.3) is 0 Å². The summed E-state index contributed by atoms with van der Waals surface area (Å²) >= 11 is 0. The number of benzene rings is 2. The number of aryl methyl sites for hydroxylation is 1. The van der Waals surface area contributed by atoms with Crippen molar-refractivity contribution in [1.82, 2.24) is 24.8 Å². The van der Waals surface area contributed by atoms with Gasteiger partial charge in [-0.25, -0.2) is 18.0 Å². The molecule has 3 heterocycles. The van der Waals surface area contributed by atoms with Crippen LogP contribution in [0.5, 0.6) is 5.75 Å². The average Bonchev–Trinajstić information content (AvgIpc) is 3.60. The van der Waals surface area contributed by atoms with Gasteiger partial charge in [-0.2, -0.15) is 4.31 Å². The summed E-state index contributed by atoms with van der Waals surface area (Å²) < 4.78 is 39.1. The highest BCUT2D eigenvalue weighted by Crippen LogP contribution is 2.27. The molecule has 0 bridgehead atoms. The summed E-state index contributed by atoms with van der Waals surface area (Å²) in [5.74, 6) is -1.24. The molecule has 2 saturated heterocycles. The fraction of sp³-hybridized carbons (Fsp3) is 0.400. The lowest BCUT2D eigenvalue weighted by atomic mass is 10.0. The maximum Gasteiger partial charge on any atom is 0.415 e. The number of amides is 2. The molecule has 3 aromatic rings. The minimum Gasteiger partial charge on any atom is -0.461 e. The van der Waals surface area contributed by atoms with E-state index in [-0.39, 0.29) is 42.5 Å². The number of nitrogens with one attached hydrogen (secondary N) is 2. The highest BCUT2D eigenvalue weighted by Gasteiger charge is 2.41. The summed E-state index contributed by atoms with van der Waals surface area (Å²) in [5, 5.41) is 5.89. The van der Waals surface area contributed by atoms with E-state index in [9.17, 15) is 27.6 Å². The molecule has 49 heavy (non-hydrogen) atoms. The van der Waals surface area contributed by atoms with Crippen LogP contribution >= 0.6 is 0 Å². The number of piperazine rings is 1. The van der Waals surface area contributed by atoms with Crippen LogP contribution in [0.2, 0.25) is 0 Å².